The Morgan fingerprint density at radius 1 is 1.11 bits per heavy atom. The standard InChI is InChI=1S/C21H29NO6/c23-18-12-19(24)17(16(18)10-6-1-2-7-11-20(25)26)14-28-21(27)22-13-15-8-4-3-5-9-15/h1,3-6,8-9,16-19,23-24H,2,7,10-14H2,(H,22,27)(H,25,26). The molecule has 0 spiro atoms. The molecule has 1 aromatic rings. The number of carbonyl (C=O) groups is 2. The Balaban J connectivity index is 1.75. The Morgan fingerprint density at radius 3 is 2.54 bits per heavy atom. The predicted molar refractivity (Wildman–Crippen MR) is 103 cm³/mol. The molecule has 4 atom stereocenters. The molecule has 4 unspecified atom stereocenters. The maximum Gasteiger partial charge on any atom is 0.407 e. The van der Waals surface area contributed by atoms with Crippen LogP contribution >= 0.6 is 0 Å². The lowest BCUT2D eigenvalue weighted by molar-refractivity contribution is -0.137. The number of aliphatic hydroxyl groups excluding tert-OH is 2. The van der Waals surface area contributed by atoms with Gasteiger partial charge in [0.2, 0.25) is 0 Å². The second kappa shape index (κ2) is 11.5. The monoisotopic (exact) mass is 391 g/mol. The Morgan fingerprint density at radius 2 is 1.82 bits per heavy atom. The SMILES string of the molecule is O=C(O)CCCC=CCC1C(O)CC(O)C1COC(=O)NCc1ccccc1. The van der Waals surface area contributed by atoms with Gasteiger partial charge in [0.05, 0.1) is 18.8 Å². The highest BCUT2D eigenvalue weighted by Crippen LogP contribution is 2.35. The van der Waals surface area contributed by atoms with Crippen LogP contribution < -0.4 is 5.32 Å². The van der Waals surface area contributed by atoms with Crippen LogP contribution in [0.1, 0.15) is 37.7 Å². The van der Waals surface area contributed by atoms with Crippen molar-refractivity contribution in [3.8, 4) is 0 Å². The average molecular weight is 391 g/mol. The zero-order chi connectivity index (χ0) is 20.4. The molecule has 7 nitrogen and oxygen atoms in total. The minimum Gasteiger partial charge on any atom is -0.481 e. The van der Waals surface area contributed by atoms with Crippen molar-refractivity contribution in [2.45, 2.75) is 50.9 Å². The first-order valence-corrected chi connectivity index (χ1v) is 9.65. The van der Waals surface area contributed by atoms with E-state index in [1.807, 2.05) is 42.5 Å². The number of benzene rings is 1. The van der Waals surface area contributed by atoms with Crippen LogP contribution in [0.25, 0.3) is 0 Å². The maximum absolute atomic E-state index is 11.9. The second-order valence-corrected chi connectivity index (χ2v) is 7.13. The van der Waals surface area contributed by atoms with Crippen molar-refractivity contribution in [3.05, 3.63) is 48.0 Å². The van der Waals surface area contributed by atoms with Gasteiger partial charge in [0.1, 0.15) is 0 Å². The number of alkyl carbamates (subject to hydrolysis) is 1. The number of rotatable bonds is 10. The van der Waals surface area contributed by atoms with E-state index in [1.54, 1.807) is 0 Å². The third-order valence-electron chi connectivity index (χ3n) is 5.04. The molecule has 1 fully saturated rings. The van der Waals surface area contributed by atoms with Crippen molar-refractivity contribution in [1.29, 1.82) is 0 Å². The van der Waals surface area contributed by atoms with Gasteiger partial charge in [-0.25, -0.2) is 4.79 Å². The number of allylic oxidation sites excluding steroid dienone is 2. The summed E-state index contributed by atoms with van der Waals surface area (Å²) in [6.07, 6.45) is 4.02. The van der Waals surface area contributed by atoms with Crippen molar-refractivity contribution in [2.75, 3.05) is 6.61 Å². The Bertz CT molecular complexity index is 648. The quantitative estimate of drug-likeness (QED) is 0.360. The average Bonchev–Trinajstić information content (AvgIpc) is 2.94. The molecule has 2 rings (SSSR count). The summed E-state index contributed by atoms with van der Waals surface area (Å²) >= 11 is 0. The third kappa shape index (κ3) is 7.32. The highest BCUT2D eigenvalue weighted by atomic mass is 16.5. The topological polar surface area (TPSA) is 116 Å². The number of carbonyl (C=O) groups excluding carboxylic acids is 1. The van der Waals surface area contributed by atoms with Crippen molar-refractivity contribution >= 4 is 12.1 Å². The van der Waals surface area contributed by atoms with E-state index in [0.29, 0.717) is 25.8 Å². The predicted octanol–water partition coefficient (Wildman–Crippen LogP) is 2.47. The van der Waals surface area contributed by atoms with Gasteiger partial charge < -0.3 is 25.4 Å². The molecule has 1 aliphatic carbocycles. The first-order chi connectivity index (χ1) is 13.5. The molecular formula is C21H29NO6. The number of amides is 1. The Kier molecular flexibility index (Phi) is 8.97. The molecule has 0 radical (unpaired) electrons. The smallest absolute Gasteiger partial charge is 0.407 e. The summed E-state index contributed by atoms with van der Waals surface area (Å²) in [5.41, 5.74) is 0.960. The van der Waals surface area contributed by atoms with Gasteiger partial charge in [-0.1, -0.05) is 42.5 Å². The highest BCUT2D eigenvalue weighted by molar-refractivity contribution is 5.67. The molecular weight excluding hydrogens is 362 g/mol. The zero-order valence-electron chi connectivity index (χ0n) is 15.9. The number of aliphatic carboxylic acids is 1. The van der Waals surface area contributed by atoms with E-state index in [0.717, 1.165) is 5.56 Å². The lowest BCUT2D eigenvalue weighted by Gasteiger charge is -2.22. The number of aliphatic hydroxyl groups is 2. The summed E-state index contributed by atoms with van der Waals surface area (Å²) in [5.74, 6) is -1.35. The Labute approximate surface area is 165 Å². The van der Waals surface area contributed by atoms with Crippen LogP contribution in [0.2, 0.25) is 0 Å². The van der Waals surface area contributed by atoms with Crippen LogP contribution in [0, 0.1) is 11.8 Å². The maximum atomic E-state index is 11.9. The summed E-state index contributed by atoms with van der Waals surface area (Å²) in [4.78, 5) is 22.4. The fourth-order valence-electron chi connectivity index (χ4n) is 3.47. The van der Waals surface area contributed by atoms with Gasteiger partial charge in [0.25, 0.3) is 0 Å². The van der Waals surface area contributed by atoms with Crippen LogP contribution in [0.15, 0.2) is 42.5 Å². The molecule has 7 heteroatoms. The molecule has 4 N–H and O–H groups in total. The van der Waals surface area contributed by atoms with Crippen molar-refractivity contribution < 1.29 is 29.6 Å². The molecule has 28 heavy (non-hydrogen) atoms. The summed E-state index contributed by atoms with van der Waals surface area (Å²) < 4.78 is 5.26. The van der Waals surface area contributed by atoms with E-state index >= 15 is 0 Å². The van der Waals surface area contributed by atoms with E-state index in [4.69, 9.17) is 9.84 Å². The van der Waals surface area contributed by atoms with Gasteiger partial charge in [-0.15, -0.1) is 0 Å². The molecule has 1 aliphatic rings. The largest absolute Gasteiger partial charge is 0.481 e. The molecule has 1 saturated carbocycles. The fourth-order valence-corrected chi connectivity index (χ4v) is 3.47. The summed E-state index contributed by atoms with van der Waals surface area (Å²) in [6, 6.07) is 9.47. The minimum absolute atomic E-state index is 0.0381. The highest BCUT2D eigenvalue weighted by Gasteiger charge is 2.41. The molecule has 1 aromatic carbocycles. The van der Waals surface area contributed by atoms with Crippen LogP contribution in [0.3, 0.4) is 0 Å². The molecule has 1 amide bonds. The number of nitrogens with one attached hydrogen (secondary N) is 1. The number of carboxylic acids is 1. The summed E-state index contributed by atoms with van der Waals surface area (Å²) in [6.45, 7) is 0.397. The van der Waals surface area contributed by atoms with Crippen LogP contribution in [-0.2, 0) is 16.1 Å². The first kappa shape index (κ1) is 21.9. The lowest BCUT2D eigenvalue weighted by Crippen LogP contribution is -2.31. The number of carboxylic acid groups (broad SMARTS) is 1. The van der Waals surface area contributed by atoms with Crippen LogP contribution in [-0.4, -0.2) is 46.2 Å². The van der Waals surface area contributed by atoms with Gasteiger partial charge in [0.15, 0.2) is 0 Å². The molecule has 0 bridgehead atoms. The van der Waals surface area contributed by atoms with E-state index in [2.05, 4.69) is 5.32 Å². The minimum atomic E-state index is -0.814. The van der Waals surface area contributed by atoms with Gasteiger partial charge in [0, 0.05) is 18.9 Å². The van der Waals surface area contributed by atoms with Gasteiger partial charge in [-0.3, -0.25) is 4.79 Å². The molecule has 0 aromatic heterocycles. The van der Waals surface area contributed by atoms with Crippen LogP contribution in [0.4, 0.5) is 4.79 Å². The van der Waals surface area contributed by atoms with Crippen molar-refractivity contribution in [1.82, 2.24) is 5.32 Å². The number of hydrogen-bond donors (Lipinski definition) is 4. The van der Waals surface area contributed by atoms with E-state index in [-0.39, 0.29) is 31.3 Å². The van der Waals surface area contributed by atoms with Gasteiger partial charge in [-0.05, 0) is 37.2 Å². The lowest BCUT2D eigenvalue weighted by atomic mass is 9.91. The van der Waals surface area contributed by atoms with Gasteiger partial charge >= 0.3 is 12.1 Å². The number of hydrogen-bond acceptors (Lipinski definition) is 5. The van der Waals surface area contributed by atoms with Crippen molar-refractivity contribution in [2.24, 2.45) is 11.8 Å². The van der Waals surface area contributed by atoms with E-state index in [9.17, 15) is 19.8 Å². The summed E-state index contributed by atoms with van der Waals surface area (Å²) in [7, 11) is 0. The fraction of sp³-hybridized carbons (Fsp3) is 0.524. The molecule has 0 aliphatic heterocycles. The molecule has 154 valence electrons. The number of unbranched alkanes of at least 4 members (excludes halogenated alkanes) is 1. The second-order valence-electron chi connectivity index (χ2n) is 7.13. The number of ether oxygens (including phenoxy) is 1. The van der Waals surface area contributed by atoms with Crippen LogP contribution in [0.5, 0.6) is 0 Å². The molecule has 0 saturated heterocycles. The third-order valence-corrected chi connectivity index (χ3v) is 5.04. The molecule has 0 heterocycles. The van der Waals surface area contributed by atoms with Crippen molar-refractivity contribution in [3.63, 3.8) is 0 Å². The van der Waals surface area contributed by atoms with E-state index in [1.165, 1.54) is 0 Å². The zero-order valence-corrected chi connectivity index (χ0v) is 15.9. The summed E-state index contributed by atoms with van der Waals surface area (Å²) in [5, 5.41) is 31.7. The first-order valence-electron chi connectivity index (χ1n) is 9.65. The normalized spacial score (nSPS) is 24.4. The Hall–Kier alpha value is -2.38. The van der Waals surface area contributed by atoms with Gasteiger partial charge in [-0.2, -0.15) is 0 Å². The van der Waals surface area contributed by atoms with E-state index < -0.39 is 24.3 Å².